The van der Waals surface area contributed by atoms with Crippen molar-refractivity contribution in [2.24, 2.45) is 0 Å². The SMILES string of the molecule is Cc1ccc(Cl)c2cc(CNC(C)C)oc12. The van der Waals surface area contributed by atoms with Crippen LogP contribution >= 0.6 is 11.6 Å². The van der Waals surface area contributed by atoms with Crippen molar-refractivity contribution in [1.82, 2.24) is 5.32 Å². The number of benzene rings is 1. The van der Waals surface area contributed by atoms with E-state index in [0.29, 0.717) is 6.04 Å². The summed E-state index contributed by atoms with van der Waals surface area (Å²) in [7, 11) is 0. The molecular weight excluding hydrogens is 222 g/mol. The average molecular weight is 238 g/mol. The summed E-state index contributed by atoms with van der Waals surface area (Å²) in [5.41, 5.74) is 2.02. The van der Waals surface area contributed by atoms with E-state index in [-0.39, 0.29) is 0 Å². The van der Waals surface area contributed by atoms with E-state index in [0.717, 1.165) is 33.9 Å². The van der Waals surface area contributed by atoms with Gasteiger partial charge in [-0.15, -0.1) is 0 Å². The van der Waals surface area contributed by atoms with Crippen LogP contribution in [-0.2, 0) is 6.54 Å². The highest BCUT2D eigenvalue weighted by molar-refractivity contribution is 6.35. The van der Waals surface area contributed by atoms with Crippen LogP contribution in [0.2, 0.25) is 5.02 Å². The molecule has 1 N–H and O–H groups in total. The maximum Gasteiger partial charge on any atom is 0.138 e. The first-order valence-corrected chi connectivity index (χ1v) is 5.86. The lowest BCUT2D eigenvalue weighted by Crippen LogP contribution is -2.21. The second kappa shape index (κ2) is 4.48. The Kier molecular flexibility index (Phi) is 3.22. The zero-order chi connectivity index (χ0) is 11.7. The number of hydrogen-bond acceptors (Lipinski definition) is 2. The molecule has 0 fully saturated rings. The van der Waals surface area contributed by atoms with Crippen molar-refractivity contribution < 1.29 is 4.42 Å². The van der Waals surface area contributed by atoms with Gasteiger partial charge in [-0.3, -0.25) is 0 Å². The first-order valence-electron chi connectivity index (χ1n) is 5.49. The monoisotopic (exact) mass is 237 g/mol. The Morgan fingerprint density at radius 2 is 2.12 bits per heavy atom. The average Bonchev–Trinajstić information content (AvgIpc) is 2.66. The molecular formula is C13H16ClNO. The fourth-order valence-corrected chi connectivity index (χ4v) is 1.87. The normalized spacial score (nSPS) is 11.6. The lowest BCUT2D eigenvalue weighted by Gasteiger charge is -2.04. The molecule has 1 aromatic heterocycles. The van der Waals surface area contributed by atoms with Crippen molar-refractivity contribution in [3.05, 3.63) is 34.5 Å². The van der Waals surface area contributed by atoms with E-state index in [1.165, 1.54) is 0 Å². The zero-order valence-electron chi connectivity index (χ0n) is 9.80. The summed E-state index contributed by atoms with van der Waals surface area (Å²) in [6, 6.07) is 6.35. The summed E-state index contributed by atoms with van der Waals surface area (Å²) < 4.78 is 5.78. The maximum absolute atomic E-state index is 6.12. The van der Waals surface area contributed by atoms with Crippen molar-refractivity contribution in [3.8, 4) is 0 Å². The minimum Gasteiger partial charge on any atom is -0.459 e. The van der Waals surface area contributed by atoms with Gasteiger partial charge >= 0.3 is 0 Å². The van der Waals surface area contributed by atoms with Gasteiger partial charge < -0.3 is 9.73 Å². The van der Waals surface area contributed by atoms with Crippen LogP contribution in [0.1, 0.15) is 25.2 Å². The molecule has 0 radical (unpaired) electrons. The minimum absolute atomic E-state index is 0.449. The number of aryl methyl sites for hydroxylation is 1. The predicted octanol–water partition coefficient (Wildman–Crippen LogP) is 3.89. The Morgan fingerprint density at radius 3 is 2.75 bits per heavy atom. The molecule has 86 valence electrons. The molecule has 0 aliphatic heterocycles. The van der Waals surface area contributed by atoms with Gasteiger partial charge in [-0.05, 0) is 24.6 Å². The third kappa shape index (κ3) is 2.23. The summed E-state index contributed by atoms with van der Waals surface area (Å²) in [6.07, 6.45) is 0. The lowest BCUT2D eigenvalue weighted by atomic mass is 10.2. The highest BCUT2D eigenvalue weighted by Crippen LogP contribution is 2.29. The van der Waals surface area contributed by atoms with Crippen LogP contribution in [0.15, 0.2) is 22.6 Å². The van der Waals surface area contributed by atoms with Crippen LogP contribution in [0, 0.1) is 6.92 Å². The Balaban J connectivity index is 2.36. The number of hydrogen-bond donors (Lipinski definition) is 1. The van der Waals surface area contributed by atoms with Gasteiger partial charge in [-0.1, -0.05) is 31.5 Å². The molecule has 1 heterocycles. The molecule has 1 aromatic carbocycles. The molecule has 0 unspecified atom stereocenters. The number of rotatable bonds is 3. The van der Waals surface area contributed by atoms with Crippen LogP contribution < -0.4 is 5.32 Å². The zero-order valence-corrected chi connectivity index (χ0v) is 10.6. The molecule has 2 aromatic rings. The van der Waals surface area contributed by atoms with Gasteiger partial charge in [0, 0.05) is 11.4 Å². The van der Waals surface area contributed by atoms with Crippen LogP contribution in [0.5, 0.6) is 0 Å². The molecule has 0 bridgehead atoms. The molecule has 0 aliphatic carbocycles. The van der Waals surface area contributed by atoms with Gasteiger partial charge in [0.1, 0.15) is 11.3 Å². The number of halogens is 1. The summed E-state index contributed by atoms with van der Waals surface area (Å²) in [6.45, 7) is 6.99. The molecule has 0 aliphatic rings. The van der Waals surface area contributed by atoms with E-state index >= 15 is 0 Å². The summed E-state index contributed by atoms with van der Waals surface area (Å²) in [5, 5.41) is 5.08. The van der Waals surface area contributed by atoms with E-state index in [2.05, 4.69) is 19.2 Å². The fourth-order valence-electron chi connectivity index (χ4n) is 1.67. The molecule has 16 heavy (non-hydrogen) atoms. The molecule has 2 nitrogen and oxygen atoms in total. The van der Waals surface area contributed by atoms with E-state index in [1.807, 2.05) is 25.1 Å². The van der Waals surface area contributed by atoms with Gasteiger partial charge in [0.2, 0.25) is 0 Å². The standard InChI is InChI=1S/C13H16ClNO/c1-8(2)15-7-10-6-11-12(14)5-4-9(3)13(11)16-10/h4-6,8,15H,7H2,1-3H3. The van der Waals surface area contributed by atoms with Crippen molar-refractivity contribution in [1.29, 1.82) is 0 Å². The van der Waals surface area contributed by atoms with Gasteiger partial charge in [-0.2, -0.15) is 0 Å². The van der Waals surface area contributed by atoms with Gasteiger partial charge in [0.05, 0.1) is 11.6 Å². The Morgan fingerprint density at radius 1 is 1.38 bits per heavy atom. The number of furan rings is 1. The molecule has 0 spiro atoms. The second-order valence-corrected chi connectivity index (χ2v) is 4.76. The Labute approximate surface area is 101 Å². The number of nitrogens with one attached hydrogen (secondary N) is 1. The molecule has 2 rings (SSSR count). The van der Waals surface area contributed by atoms with Crippen LogP contribution in [0.4, 0.5) is 0 Å². The van der Waals surface area contributed by atoms with Gasteiger partial charge in [0.25, 0.3) is 0 Å². The first kappa shape index (κ1) is 11.5. The Bertz CT molecular complexity index is 463. The van der Waals surface area contributed by atoms with E-state index in [4.69, 9.17) is 16.0 Å². The quantitative estimate of drug-likeness (QED) is 0.876. The summed E-state index contributed by atoms with van der Waals surface area (Å²) in [5.74, 6) is 0.930. The van der Waals surface area contributed by atoms with Gasteiger partial charge in [0.15, 0.2) is 0 Å². The number of fused-ring (bicyclic) bond motifs is 1. The second-order valence-electron chi connectivity index (χ2n) is 4.36. The van der Waals surface area contributed by atoms with Crippen LogP contribution in [-0.4, -0.2) is 6.04 Å². The smallest absolute Gasteiger partial charge is 0.138 e. The van der Waals surface area contributed by atoms with Crippen molar-refractivity contribution in [2.75, 3.05) is 0 Å². The third-order valence-electron chi connectivity index (χ3n) is 2.56. The van der Waals surface area contributed by atoms with Crippen LogP contribution in [0.25, 0.3) is 11.0 Å². The van der Waals surface area contributed by atoms with Crippen molar-refractivity contribution >= 4 is 22.6 Å². The summed E-state index contributed by atoms with van der Waals surface area (Å²) >= 11 is 6.12. The molecule has 0 saturated carbocycles. The summed E-state index contributed by atoms with van der Waals surface area (Å²) in [4.78, 5) is 0. The van der Waals surface area contributed by atoms with Crippen LogP contribution in [0.3, 0.4) is 0 Å². The predicted molar refractivity (Wildman–Crippen MR) is 67.9 cm³/mol. The highest BCUT2D eigenvalue weighted by Gasteiger charge is 2.09. The van der Waals surface area contributed by atoms with E-state index < -0.39 is 0 Å². The lowest BCUT2D eigenvalue weighted by molar-refractivity contribution is 0.487. The van der Waals surface area contributed by atoms with Crippen molar-refractivity contribution in [2.45, 2.75) is 33.4 Å². The van der Waals surface area contributed by atoms with E-state index in [9.17, 15) is 0 Å². The largest absolute Gasteiger partial charge is 0.459 e. The molecule has 0 saturated heterocycles. The molecule has 0 atom stereocenters. The highest BCUT2D eigenvalue weighted by atomic mass is 35.5. The molecule has 3 heteroatoms. The maximum atomic E-state index is 6.12. The topological polar surface area (TPSA) is 25.2 Å². The fraction of sp³-hybridized carbons (Fsp3) is 0.385. The first-order chi connectivity index (χ1) is 7.58. The van der Waals surface area contributed by atoms with Crippen molar-refractivity contribution in [3.63, 3.8) is 0 Å². The molecule has 0 amide bonds. The minimum atomic E-state index is 0.449. The van der Waals surface area contributed by atoms with Gasteiger partial charge in [-0.25, -0.2) is 0 Å². The Hall–Kier alpha value is -0.990. The third-order valence-corrected chi connectivity index (χ3v) is 2.89. The van der Waals surface area contributed by atoms with E-state index in [1.54, 1.807) is 0 Å².